The number of urea groups is 1. The number of hydrogen-bond acceptors (Lipinski definition) is 7. The first-order valence-corrected chi connectivity index (χ1v) is 23.1. The zero-order chi connectivity index (χ0) is 39.3. The summed E-state index contributed by atoms with van der Waals surface area (Å²) >= 11 is 0. The molecule has 5 amide bonds. The zero-order valence-electron chi connectivity index (χ0n) is 33.6. The molecule has 7 aliphatic rings. The summed E-state index contributed by atoms with van der Waals surface area (Å²) in [6.45, 7) is 6.62. The molecule has 308 valence electrons. The van der Waals surface area contributed by atoms with Gasteiger partial charge in [0.15, 0.2) is 0 Å². The number of piperidine rings is 1. The molecule has 7 rings (SSSR count). The summed E-state index contributed by atoms with van der Waals surface area (Å²) in [6.07, 6.45) is 15.7. The highest BCUT2D eigenvalue weighted by Gasteiger charge is 2.70. The minimum atomic E-state index is -3.65. The van der Waals surface area contributed by atoms with Crippen LogP contribution in [0.5, 0.6) is 0 Å². The predicted octanol–water partition coefficient (Wildman–Crippen LogP) is 4.15. The van der Waals surface area contributed by atoms with E-state index in [0.29, 0.717) is 31.7 Å². The van der Waals surface area contributed by atoms with Gasteiger partial charge in [0.1, 0.15) is 12.1 Å². The maximum Gasteiger partial charge on any atom is 0.315 e. The number of likely N-dealkylation sites (tertiary alicyclic amines) is 1. The monoisotopic (exact) mass is 786 g/mol. The maximum atomic E-state index is 15.0. The second kappa shape index (κ2) is 15.5. The lowest BCUT2D eigenvalue weighted by molar-refractivity contribution is -0.146. The van der Waals surface area contributed by atoms with Gasteiger partial charge in [0.2, 0.25) is 27.6 Å². The number of amides is 5. The van der Waals surface area contributed by atoms with Crippen molar-refractivity contribution in [1.82, 2.24) is 30.5 Å². The summed E-state index contributed by atoms with van der Waals surface area (Å²) in [7, 11) is -2.00. The van der Waals surface area contributed by atoms with Gasteiger partial charge >= 0.3 is 6.03 Å². The Labute approximate surface area is 328 Å². The molecule has 0 aromatic rings. The van der Waals surface area contributed by atoms with Crippen LogP contribution < -0.4 is 21.3 Å². The first-order valence-electron chi connectivity index (χ1n) is 21.5. The Morgan fingerprint density at radius 1 is 0.818 bits per heavy atom. The smallest absolute Gasteiger partial charge is 0.315 e. The van der Waals surface area contributed by atoms with Crippen molar-refractivity contribution in [2.24, 2.45) is 28.6 Å². The molecule has 0 aromatic carbocycles. The molecule has 4 N–H and O–H groups in total. The Morgan fingerprint density at radius 2 is 1.45 bits per heavy atom. The molecular weight excluding hydrogens is 721 g/mol. The SMILES string of the molecule is CN(C1CCC1)S(=O)(=O)CC1(NC(=O)N[C@H](C(=O)N2C[C@H]3[C@@H]([C@H]2C(=O)N[C@@H](CCC2CC2)C(=O)C(=O)NC2CC2)C3(C)C)C2(C)CCCCC2)CCCCC1. The van der Waals surface area contributed by atoms with Crippen LogP contribution in [0.25, 0.3) is 0 Å². The Morgan fingerprint density at radius 3 is 2.04 bits per heavy atom. The molecule has 14 heteroatoms. The Balaban J connectivity index is 1.10. The van der Waals surface area contributed by atoms with Crippen molar-refractivity contribution in [2.45, 2.75) is 179 Å². The topological polar surface area (TPSA) is 174 Å². The summed E-state index contributed by atoms with van der Waals surface area (Å²) < 4.78 is 28.9. The lowest BCUT2D eigenvalue weighted by atomic mass is 9.70. The van der Waals surface area contributed by atoms with E-state index in [9.17, 15) is 27.6 Å². The largest absolute Gasteiger partial charge is 0.347 e. The van der Waals surface area contributed by atoms with Gasteiger partial charge in [0.05, 0.1) is 17.3 Å². The number of Topliss-reactive ketones (excluding diaryl/α,β-unsaturated/α-hetero) is 1. The van der Waals surface area contributed by atoms with Crippen molar-refractivity contribution in [2.75, 3.05) is 19.3 Å². The standard InChI is InChI=1S/C41H66N6O7S/c1-39(2)29-24-47(32(31(29)39)35(49)43-30(19-16-26-14-15-26)33(48)36(50)42-27-17-18-27)37(51)34(40(3)20-7-5-8-21-40)44-38(52)45-41(22-9-6-10-23-41)25-55(53,54)46(4)28-12-11-13-28/h26-32,34H,5-25H2,1-4H3,(H,42,50)(H,43,49)(H2,44,45,52)/t29-,30-,31-,32-,34+/m0/s1. The van der Waals surface area contributed by atoms with E-state index >= 15 is 4.79 Å². The van der Waals surface area contributed by atoms with Crippen LogP contribution in [0.2, 0.25) is 0 Å². The minimum Gasteiger partial charge on any atom is -0.347 e. The van der Waals surface area contributed by atoms with Gasteiger partial charge in [-0.2, -0.15) is 0 Å². The molecule has 0 aromatic heterocycles. The lowest BCUT2D eigenvalue weighted by Gasteiger charge is -2.44. The van der Waals surface area contributed by atoms with Crippen molar-refractivity contribution in [1.29, 1.82) is 0 Å². The van der Waals surface area contributed by atoms with E-state index in [1.807, 2.05) is 6.92 Å². The maximum absolute atomic E-state index is 15.0. The Kier molecular flexibility index (Phi) is 11.4. The third-order valence-electron chi connectivity index (χ3n) is 15.0. The number of carbonyl (C=O) groups excluding carboxylic acids is 5. The Hall–Kier alpha value is -2.74. The second-order valence-corrected chi connectivity index (χ2v) is 21.6. The van der Waals surface area contributed by atoms with Gasteiger partial charge in [-0.1, -0.05) is 78.6 Å². The summed E-state index contributed by atoms with van der Waals surface area (Å²) in [5, 5.41) is 12.0. The molecule has 1 heterocycles. The quantitative estimate of drug-likeness (QED) is 0.170. The molecule has 7 fully saturated rings. The molecule has 6 aliphatic carbocycles. The van der Waals surface area contributed by atoms with Crippen LogP contribution in [0.4, 0.5) is 4.79 Å². The van der Waals surface area contributed by atoms with Crippen molar-refractivity contribution >= 4 is 39.6 Å². The van der Waals surface area contributed by atoms with E-state index in [2.05, 4.69) is 35.1 Å². The Bertz CT molecular complexity index is 1610. The van der Waals surface area contributed by atoms with Gasteiger partial charge in [-0.25, -0.2) is 17.5 Å². The van der Waals surface area contributed by atoms with Crippen LogP contribution in [0.3, 0.4) is 0 Å². The highest BCUT2D eigenvalue weighted by molar-refractivity contribution is 7.89. The van der Waals surface area contributed by atoms with Gasteiger partial charge < -0.3 is 26.2 Å². The number of carbonyl (C=O) groups is 5. The summed E-state index contributed by atoms with van der Waals surface area (Å²) in [4.78, 5) is 71.7. The van der Waals surface area contributed by atoms with Gasteiger partial charge in [-0.15, -0.1) is 0 Å². The average Bonchev–Trinajstić information content (AvgIpc) is 4.07. The molecule has 13 nitrogen and oxygen atoms in total. The molecular formula is C41H66N6O7S. The van der Waals surface area contributed by atoms with Crippen LogP contribution in [-0.4, -0.2) is 102 Å². The molecule has 0 bridgehead atoms. The zero-order valence-corrected chi connectivity index (χ0v) is 34.4. The van der Waals surface area contributed by atoms with E-state index in [4.69, 9.17) is 0 Å². The first-order chi connectivity index (χ1) is 26.0. The molecule has 5 atom stereocenters. The van der Waals surface area contributed by atoms with Gasteiger partial charge in [-0.3, -0.25) is 19.2 Å². The average molecular weight is 787 g/mol. The van der Waals surface area contributed by atoms with Crippen LogP contribution in [0.15, 0.2) is 0 Å². The lowest BCUT2D eigenvalue weighted by Crippen LogP contribution is -2.65. The highest BCUT2D eigenvalue weighted by atomic mass is 32.2. The van der Waals surface area contributed by atoms with Crippen molar-refractivity contribution < 1.29 is 32.4 Å². The minimum absolute atomic E-state index is 0.000933. The van der Waals surface area contributed by atoms with Crippen molar-refractivity contribution in [3.8, 4) is 0 Å². The van der Waals surface area contributed by atoms with E-state index in [0.717, 1.165) is 103 Å². The molecule has 1 aliphatic heterocycles. The number of rotatable bonds is 16. The van der Waals surface area contributed by atoms with E-state index in [1.165, 1.54) is 4.31 Å². The number of nitrogens with one attached hydrogen (secondary N) is 4. The molecule has 0 radical (unpaired) electrons. The molecule has 0 unspecified atom stereocenters. The fraction of sp³-hybridized carbons (Fsp3) is 0.878. The number of fused-ring (bicyclic) bond motifs is 1. The van der Waals surface area contributed by atoms with Crippen LogP contribution >= 0.6 is 0 Å². The summed E-state index contributed by atoms with van der Waals surface area (Å²) in [5.41, 5.74) is -1.71. The van der Waals surface area contributed by atoms with Crippen LogP contribution in [0.1, 0.15) is 143 Å². The van der Waals surface area contributed by atoms with Crippen molar-refractivity contribution in [3.63, 3.8) is 0 Å². The first kappa shape index (κ1) is 40.5. The number of ketones is 1. The second-order valence-electron chi connectivity index (χ2n) is 19.5. The molecule has 55 heavy (non-hydrogen) atoms. The van der Waals surface area contributed by atoms with E-state index in [-0.39, 0.29) is 41.0 Å². The van der Waals surface area contributed by atoms with Crippen molar-refractivity contribution in [3.05, 3.63) is 0 Å². The van der Waals surface area contributed by atoms with Gasteiger partial charge in [0.25, 0.3) is 5.91 Å². The highest BCUT2D eigenvalue weighted by Crippen LogP contribution is 2.65. The molecule has 1 saturated heterocycles. The molecule has 6 saturated carbocycles. The fourth-order valence-electron chi connectivity index (χ4n) is 10.5. The van der Waals surface area contributed by atoms with Crippen LogP contribution in [-0.2, 0) is 29.2 Å². The van der Waals surface area contributed by atoms with Gasteiger partial charge in [0, 0.05) is 25.7 Å². The number of nitrogens with zero attached hydrogens (tertiary/aromatic N) is 2. The third kappa shape index (κ3) is 8.75. The summed E-state index contributed by atoms with van der Waals surface area (Å²) in [5.74, 6) is -1.73. The number of hydrogen-bond donors (Lipinski definition) is 4. The third-order valence-corrected chi connectivity index (χ3v) is 17.1. The predicted molar refractivity (Wildman–Crippen MR) is 208 cm³/mol. The van der Waals surface area contributed by atoms with E-state index in [1.54, 1.807) is 11.9 Å². The van der Waals surface area contributed by atoms with E-state index < -0.39 is 62.7 Å². The van der Waals surface area contributed by atoms with Crippen LogP contribution in [0, 0.1) is 28.6 Å². The normalized spacial score (nSPS) is 29.3. The summed E-state index contributed by atoms with van der Waals surface area (Å²) in [6, 6.07) is -3.28. The number of sulfonamides is 1. The fourth-order valence-corrected chi connectivity index (χ4v) is 12.4. The molecule has 0 spiro atoms. The van der Waals surface area contributed by atoms with Gasteiger partial charge in [-0.05, 0) is 92.8 Å².